The fourth-order valence-corrected chi connectivity index (χ4v) is 6.76. The summed E-state index contributed by atoms with van der Waals surface area (Å²) >= 11 is 0. The molecule has 2 atom stereocenters. The summed E-state index contributed by atoms with van der Waals surface area (Å²) in [4.78, 5) is 25.4. The number of rotatable bonds is 3. The van der Waals surface area contributed by atoms with Gasteiger partial charge in [0.2, 0.25) is 0 Å². The number of Topliss-reactive ketones (excluding diaryl/α,β-unsaturated/α-hetero) is 1. The van der Waals surface area contributed by atoms with Crippen molar-refractivity contribution < 1.29 is 19.2 Å². The van der Waals surface area contributed by atoms with Crippen molar-refractivity contribution in [2.75, 3.05) is 13.1 Å². The summed E-state index contributed by atoms with van der Waals surface area (Å²) in [6.07, 6.45) is 9.29. The number of hydrogen-bond donors (Lipinski definition) is 1. The molecule has 0 aromatic rings. The topological polar surface area (TPSA) is 54.4 Å². The zero-order chi connectivity index (χ0) is 16.2. The third-order valence-electron chi connectivity index (χ3n) is 7.71. The molecule has 4 nitrogen and oxygen atoms in total. The zero-order valence-electron chi connectivity index (χ0n) is 14.3. The number of likely N-dealkylation sites (tertiary alicyclic amines) is 1. The molecule has 4 heteroatoms. The van der Waals surface area contributed by atoms with Crippen LogP contribution in [0.5, 0.6) is 0 Å². The van der Waals surface area contributed by atoms with Gasteiger partial charge in [-0.3, -0.25) is 4.79 Å². The van der Waals surface area contributed by atoms with Crippen molar-refractivity contribution in [2.24, 2.45) is 23.2 Å². The highest BCUT2D eigenvalue weighted by Gasteiger charge is 2.57. The Labute approximate surface area is 138 Å². The second kappa shape index (κ2) is 5.30. The Balaban J connectivity index is 1.58. The summed E-state index contributed by atoms with van der Waals surface area (Å²) < 4.78 is 0.000579. The van der Waals surface area contributed by atoms with E-state index in [1.165, 1.54) is 19.3 Å². The minimum absolute atomic E-state index is 0.000579. The maximum atomic E-state index is 13.3. The van der Waals surface area contributed by atoms with Gasteiger partial charge in [0.1, 0.15) is 6.54 Å². The van der Waals surface area contributed by atoms with Gasteiger partial charge in [-0.15, -0.1) is 0 Å². The molecule has 0 aromatic carbocycles. The first-order chi connectivity index (χ1) is 10.9. The molecular formula is C19H30NO3+. The van der Waals surface area contributed by atoms with Crippen LogP contribution in [0.25, 0.3) is 0 Å². The third kappa shape index (κ3) is 2.36. The van der Waals surface area contributed by atoms with Crippen molar-refractivity contribution in [3.05, 3.63) is 0 Å². The molecule has 1 heterocycles. The first kappa shape index (κ1) is 15.6. The molecule has 0 spiro atoms. The molecule has 5 aliphatic rings. The van der Waals surface area contributed by atoms with E-state index < -0.39 is 6.09 Å². The Morgan fingerprint density at radius 1 is 1.04 bits per heavy atom. The highest BCUT2D eigenvalue weighted by Crippen LogP contribution is 2.60. The molecule has 4 bridgehead atoms. The lowest BCUT2D eigenvalue weighted by molar-refractivity contribution is -0.878. The molecule has 1 unspecified atom stereocenters. The summed E-state index contributed by atoms with van der Waals surface area (Å²) in [5.74, 6) is 2.50. The number of carboxylic acid groups (broad SMARTS) is 1. The predicted molar refractivity (Wildman–Crippen MR) is 86.9 cm³/mol. The smallest absolute Gasteiger partial charge is 0.435 e. The van der Waals surface area contributed by atoms with Gasteiger partial charge in [0.05, 0.1) is 12.6 Å². The van der Waals surface area contributed by atoms with Crippen LogP contribution < -0.4 is 0 Å². The van der Waals surface area contributed by atoms with Gasteiger partial charge in [-0.2, -0.15) is 4.79 Å². The fraction of sp³-hybridized carbons (Fsp3) is 0.895. The maximum Gasteiger partial charge on any atom is 0.514 e. The van der Waals surface area contributed by atoms with Crippen LogP contribution in [0.1, 0.15) is 64.7 Å². The predicted octanol–water partition coefficient (Wildman–Crippen LogP) is 3.84. The van der Waals surface area contributed by atoms with Crippen LogP contribution in [-0.2, 0) is 4.79 Å². The summed E-state index contributed by atoms with van der Waals surface area (Å²) in [6.45, 7) is 2.90. The van der Waals surface area contributed by atoms with Gasteiger partial charge in [-0.25, -0.2) is 4.48 Å². The number of nitrogens with zero attached hydrogens (tertiary/aromatic N) is 1. The summed E-state index contributed by atoms with van der Waals surface area (Å²) in [5.41, 5.74) is -0.160. The normalized spacial score (nSPS) is 48.4. The average Bonchev–Trinajstić information content (AvgIpc) is 2.48. The molecule has 1 aliphatic heterocycles. The molecule has 1 N–H and O–H groups in total. The lowest BCUT2D eigenvalue weighted by Gasteiger charge is -2.56. The summed E-state index contributed by atoms with van der Waals surface area (Å²) in [5, 5.41) is 9.91. The number of amides is 1. The molecule has 1 amide bonds. The molecule has 0 aromatic heterocycles. The van der Waals surface area contributed by atoms with Gasteiger partial charge >= 0.3 is 6.09 Å². The second-order valence-corrected chi connectivity index (χ2v) is 9.16. The third-order valence-corrected chi connectivity index (χ3v) is 7.71. The van der Waals surface area contributed by atoms with Gasteiger partial charge in [-0.1, -0.05) is 0 Å². The molecule has 128 valence electrons. The standard InChI is InChI=1S/C19H29NO3/c1-13-4-2-3-5-20(13,18(22)23)12-17(21)19-9-14-6-15(10-19)8-16(7-14)11-19/h13-16H,2-12H2,1H3/p+1/t13-,14?,15?,16?,19?,20?/m1/s1. The number of quaternary nitrogens is 1. The van der Waals surface area contributed by atoms with Crippen LogP contribution in [0, 0.1) is 23.2 Å². The quantitative estimate of drug-likeness (QED) is 0.804. The molecule has 1 saturated heterocycles. The van der Waals surface area contributed by atoms with E-state index >= 15 is 0 Å². The van der Waals surface area contributed by atoms with Gasteiger partial charge in [-0.05, 0) is 82.5 Å². The first-order valence-corrected chi connectivity index (χ1v) is 9.57. The highest BCUT2D eigenvalue weighted by molar-refractivity contribution is 5.87. The lowest BCUT2D eigenvalue weighted by atomic mass is 9.48. The van der Waals surface area contributed by atoms with E-state index in [1.54, 1.807) is 0 Å². The van der Waals surface area contributed by atoms with Crippen molar-refractivity contribution in [1.82, 2.24) is 0 Å². The second-order valence-electron chi connectivity index (χ2n) is 9.16. The molecule has 0 radical (unpaired) electrons. The van der Waals surface area contributed by atoms with Gasteiger partial charge in [0, 0.05) is 5.41 Å². The largest absolute Gasteiger partial charge is 0.514 e. The van der Waals surface area contributed by atoms with Crippen LogP contribution in [0.4, 0.5) is 4.79 Å². The monoisotopic (exact) mass is 320 g/mol. The molecule has 5 rings (SSSR count). The van der Waals surface area contributed by atoms with E-state index in [0.29, 0.717) is 6.54 Å². The lowest BCUT2D eigenvalue weighted by Crippen LogP contribution is -2.64. The van der Waals surface area contributed by atoms with E-state index in [-0.39, 0.29) is 28.3 Å². The average molecular weight is 320 g/mol. The number of carbonyl (C=O) groups is 2. The van der Waals surface area contributed by atoms with E-state index in [1.807, 2.05) is 6.92 Å². The minimum Gasteiger partial charge on any atom is -0.435 e. The Morgan fingerprint density at radius 3 is 2.09 bits per heavy atom. The van der Waals surface area contributed by atoms with Gasteiger partial charge in [0.25, 0.3) is 0 Å². The molecular weight excluding hydrogens is 290 g/mol. The Kier molecular flexibility index (Phi) is 3.60. The van der Waals surface area contributed by atoms with Crippen LogP contribution in [0.15, 0.2) is 0 Å². The van der Waals surface area contributed by atoms with Crippen molar-refractivity contribution in [3.63, 3.8) is 0 Å². The van der Waals surface area contributed by atoms with E-state index in [2.05, 4.69) is 0 Å². The Morgan fingerprint density at radius 2 is 1.61 bits per heavy atom. The fourth-order valence-electron chi connectivity index (χ4n) is 6.76. The molecule has 4 saturated carbocycles. The molecule has 23 heavy (non-hydrogen) atoms. The first-order valence-electron chi connectivity index (χ1n) is 9.57. The minimum atomic E-state index is -0.782. The van der Waals surface area contributed by atoms with Crippen LogP contribution in [0.3, 0.4) is 0 Å². The number of carbonyl (C=O) groups excluding carboxylic acids is 1. The SMILES string of the molecule is C[C@@H]1CCCC[N+]1(CC(=O)C12CC3CC(CC(C3)C1)C2)C(=O)O. The zero-order valence-corrected chi connectivity index (χ0v) is 14.3. The Bertz CT molecular complexity index is 493. The van der Waals surface area contributed by atoms with Gasteiger partial charge in [0.15, 0.2) is 5.78 Å². The number of piperidine rings is 1. The highest BCUT2D eigenvalue weighted by atomic mass is 16.4. The van der Waals surface area contributed by atoms with E-state index in [9.17, 15) is 14.7 Å². The van der Waals surface area contributed by atoms with Crippen molar-refractivity contribution in [3.8, 4) is 0 Å². The number of hydrogen-bond acceptors (Lipinski definition) is 2. The summed E-state index contributed by atoms with van der Waals surface area (Å²) in [6, 6.07) is 0.0686. The number of ketones is 1. The van der Waals surface area contributed by atoms with Gasteiger partial charge < -0.3 is 5.11 Å². The summed E-state index contributed by atoms with van der Waals surface area (Å²) in [7, 11) is 0. The Hall–Kier alpha value is -0.900. The van der Waals surface area contributed by atoms with Crippen LogP contribution >= 0.6 is 0 Å². The maximum absolute atomic E-state index is 13.3. The van der Waals surface area contributed by atoms with Crippen LogP contribution in [0.2, 0.25) is 0 Å². The van der Waals surface area contributed by atoms with Crippen molar-refractivity contribution in [2.45, 2.75) is 70.8 Å². The van der Waals surface area contributed by atoms with Crippen LogP contribution in [-0.4, -0.2) is 40.6 Å². The van der Waals surface area contributed by atoms with Crippen molar-refractivity contribution in [1.29, 1.82) is 0 Å². The van der Waals surface area contributed by atoms with E-state index in [0.717, 1.165) is 56.3 Å². The van der Waals surface area contributed by atoms with Crippen molar-refractivity contribution >= 4 is 11.9 Å². The molecule has 4 aliphatic carbocycles. The van der Waals surface area contributed by atoms with E-state index in [4.69, 9.17) is 0 Å². The molecule has 5 fully saturated rings.